The maximum atomic E-state index is 3.84. The summed E-state index contributed by atoms with van der Waals surface area (Å²) in [5.74, 6) is 0.948. The lowest BCUT2D eigenvalue weighted by Crippen LogP contribution is -1.98. The van der Waals surface area contributed by atoms with Gasteiger partial charge in [0.15, 0.2) is 0 Å². The molecule has 0 amide bonds. The molecular weight excluding hydrogens is 336 g/mol. The van der Waals surface area contributed by atoms with E-state index in [1.807, 2.05) is 11.3 Å². The fourth-order valence-electron chi connectivity index (χ4n) is 2.36. The second-order valence-corrected chi connectivity index (χ2v) is 7.67. The predicted molar refractivity (Wildman–Crippen MR) is 75.0 cm³/mol. The van der Waals surface area contributed by atoms with Crippen LogP contribution in [-0.4, -0.2) is 0 Å². The minimum atomic E-state index is 0.550. The molecule has 3 heteroatoms. The fourth-order valence-corrected chi connectivity index (χ4v) is 5.64. The molecule has 0 aliphatic heterocycles. The molecule has 84 valence electrons. The number of aryl methyl sites for hydroxylation is 1. The monoisotopic (exact) mass is 350 g/mol. The van der Waals surface area contributed by atoms with E-state index in [0.717, 1.165) is 5.92 Å². The topological polar surface area (TPSA) is 0 Å². The first-order chi connectivity index (χ1) is 7.16. The summed E-state index contributed by atoms with van der Waals surface area (Å²) >= 11 is 9.40. The van der Waals surface area contributed by atoms with Crippen LogP contribution in [0.25, 0.3) is 0 Å². The van der Waals surface area contributed by atoms with Gasteiger partial charge in [-0.3, -0.25) is 0 Å². The van der Waals surface area contributed by atoms with Crippen LogP contribution in [0, 0.1) is 12.8 Å². The van der Waals surface area contributed by atoms with Crippen molar-refractivity contribution in [3.8, 4) is 0 Å². The van der Waals surface area contributed by atoms with Crippen LogP contribution in [0.15, 0.2) is 10.5 Å². The minimum absolute atomic E-state index is 0.550. The van der Waals surface area contributed by atoms with E-state index in [0.29, 0.717) is 4.83 Å². The van der Waals surface area contributed by atoms with E-state index in [4.69, 9.17) is 0 Å². The zero-order valence-corrected chi connectivity index (χ0v) is 12.9. The molecule has 1 fully saturated rings. The third-order valence-corrected chi connectivity index (χ3v) is 6.35. The SMILES string of the molecule is Cc1cc(Br)c(C(Br)CC2CCCC2)s1. The van der Waals surface area contributed by atoms with Gasteiger partial charge in [-0.15, -0.1) is 11.3 Å². The molecule has 0 saturated heterocycles. The van der Waals surface area contributed by atoms with Gasteiger partial charge < -0.3 is 0 Å². The van der Waals surface area contributed by atoms with Crippen molar-refractivity contribution in [1.82, 2.24) is 0 Å². The molecule has 15 heavy (non-hydrogen) atoms. The highest BCUT2D eigenvalue weighted by Gasteiger charge is 2.21. The summed E-state index contributed by atoms with van der Waals surface area (Å²) in [7, 11) is 0. The smallest absolute Gasteiger partial charge is 0.0503 e. The van der Waals surface area contributed by atoms with Gasteiger partial charge in [-0.05, 0) is 41.3 Å². The Balaban J connectivity index is 2.00. The summed E-state index contributed by atoms with van der Waals surface area (Å²) in [6.45, 7) is 2.17. The molecule has 0 spiro atoms. The lowest BCUT2D eigenvalue weighted by Gasteiger charge is -2.13. The molecular formula is C12H16Br2S. The molecule has 1 atom stereocenters. The molecule has 1 aromatic heterocycles. The van der Waals surface area contributed by atoms with Gasteiger partial charge in [0.1, 0.15) is 0 Å². The minimum Gasteiger partial charge on any atom is -0.143 e. The van der Waals surface area contributed by atoms with Crippen molar-refractivity contribution in [2.24, 2.45) is 5.92 Å². The molecule has 1 heterocycles. The molecule has 1 aromatic rings. The molecule has 0 N–H and O–H groups in total. The zero-order chi connectivity index (χ0) is 10.8. The third kappa shape index (κ3) is 3.07. The first-order valence-corrected chi connectivity index (χ1v) is 8.09. The second-order valence-electron chi connectivity index (χ2n) is 4.42. The van der Waals surface area contributed by atoms with E-state index < -0.39 is 0 Å². The fraction of sp³-hybridized carbons (Fsp3) is 0.667. The maximum absolute atomic E-state index is 3.84. The van der Waals surface area contributed by atoms with Crippen molar-refractivity contribution in [3.63, 3.8) is 0 Å². The molecule has 0 aromatic carbocycles. The van der Waals surface area contributed by atoms with Gasteiger partial charge in [-0.25, -0.2) is 0 Å². The largest absolute Gasteiger partial charge is 0.143 e. The van der Waals surface area contributed by atoms with Crippen LogP contribution in [-0.2, 0) is 0 Å². The van der Waals surface area contributed by atoms with Gasteiger partial charge in [0.2, 0.25) is 0 Å². The normalized spacial score (nSPS) is 19.7. The second kappa shape index (κ2) is 5.33. The highest BCUT2D eigenvalue weighted by molar-refractivity contribution is 9.11. The molecule has 0 radical (unpaired) electrons. The van der Waals surface area contributed by atoms with Gasteiger partial charge in [0, 0.05) is 14.2 Å². The lowest BCUT2D eigenvalue weighted by atomic mass is 10.0. The zero-order valence-electron chi connectivity index (χ0n) is 8.93. The Morgan fingerprint density at radius 3 is 2.67 bits per heavy atom. The third-order valence-electron chi connectivity index (χ3n) is 3.14. The molecule has 1 aliphatic carbocycles. The van der Waals surface area contributed by atoms with Crippen molar-refractivity contribution >= 4 is 43.2 Å². The molecule has 1 aliphatic rings. The molecule has 2 rings (SSSR count). The molecule has 1 unspecified atom stereocenters. The average Bonchev–Trinajstić information content (AvgIpc) is 2.75. The molecule has 0 nitrogen and oxygen atoms in total. The summed E-state index contributed by atoms with van der Waals surface area (Å²) in [5.41, 5.74) is 0. The van der Waals surface area contributed by atoms with E-state index in [-0.39, 0.29) is 0 Å². The van der Waals surface area contributed by atoms with Crippen LogP contribution in [0.2, 0.25) is 0 Å². The molecule has 0 bridgehead atoms. The van der Waals surface area contributed by atoms with Gasteiger partial charge in [-0.2, -0.15) is 0 Å². The van der Waals surface area contributed by atoms with E-state index >= 15 is 0 Å². The van der Waals surface area contributed by atoms with E-state index in [1.54, 1.807) is 0 Å². The van der Waals surface area contributed by atoms with Crippen LogP contribution in [0.5, 0.6) is 0 Å². The number of hydrogen-bond donors (Lipinski definition) is 0. The maximum Gasteiger partial charge on any atom is 0.0503 e. The Morgan fingerprint density at radius 1 is 1.47 bits per heavy atom. The Morgan fingerprint density at radius 2 is 2.13 bits per heavy atom. The van der Waals surface area contributed by atoms with Crippen LogP contribution in [0.4, 0.5) is 0 Å². The van der Waals surface area contributed by atoms with Crippen molar-refractivity contribution < 1.29 is 0 Å². The van der Waals surface area contributed by atoms with Crippen LogP contribution in [0.1, 0.15) is 46.7 Å². The highest BCUT2D eigenvalue weighted by atomic mass is 79.9. The van der Waals surface area contributed by atoms with Crippen molar-refractivity contribution in [2.45, 2.75) is 43.9 Å². The first-order valence-electron chi connectivity index (χ1n) is 5.56. The number of rotatable bonds is 3. The molecule has 1 saturated carbocycles. The van der Waals surface area contributed by atoms with E-state index in [1.165, 1.54) is 46.3 Å². The summed E-state index contributed by atoms with van der Waals surface area (Å²) in [4.78, 5) is 3.42. The van der Waals surface area contributed by atoms with Crippen LogP contribution < -0.4 is 0 Å². The predicted octanol–water partition coefficient (Wildman–Crippen LogP) is 5.84. The average molecular weight is 352 g/mol. The van der Waals surface area contributed by atoms with Crippen LogP contribution in [0.3, 0.4) is 0 Å². The standard InChI is InChI=1S/C12H16Br2S/c1-8-6-10(13)12(15-8)11(14)7-9-4-2-3-5-9/h6,9,11H,2-5,7H2,1H3. The van der Waals surface area contributed by atoms with Gasteiger partial charge >= 0.3 is 0 Å². The Kier molecular flexibility index (Phi) is 4.31. The Bertz CT molecular complexity index is 326. The van der Waals surface area contributed by atoms with E-state index in [2.05, 4.69) is 44.8 Å². The van der Waals surface area contributed by atoms with Gasteiger partial charge in [-0.1, -0.05) is 41.6 Å². The summed E-state index contributed by atoms with van der Waals surface area (Å²) < 4.78 is 1.28. The number of alkyl halides is 1. The quantitative estimate of drug-likeness (QED) is 0.600. The number of halogens is 2. The van der Waals surface area contributed by atoms with Gasteiger partial charge in [0.05, 0.1) is 4.83 Å². The Labute approximate surface area is 113 Å². The van der Waals surface area contributed by atoms with Crippen molar-refractivity contribution in [1.29, 1.82) is 0 Å². The summed E-state index contributed by atoms with van der Waals surface area (Å²) in [6.07, 6.45) is 7.05. The first kappa shape index (κ1) is 12.1. The summed E-state index contributed by atoms with van der Waals surface area (Å²) in [5, 5.41) is 0. The van der Waals surface area contributed by atoms with Crippen molar-refractivity contribution in [2.75, 3.05) is 0 Å². The summed E-state index contributed by atoms with van der Waals surface area (Å²) in [6, 6.07) is 2.23. The van der Waals surface area contributed by atoms with Crippen LogP contribution >= 0.6 is 43.2 Å². The number of thiophene rings is 1. The number of hydrogen-bond acceptors (Lipinski definition) is 1. The Hall–Kier alpha value is 0.660. The lowest BCUT2D eigenvalue weighted by molar-refractivity contribution is 0.503. The van der Waals surface area contributed by atoms with Crippen molar-refractivity contribution in [3.05, 3.63) is 20.3 Å². The van der Waals surface area contributed by atoms with Gasteiger partial charge in [0.25, 0.3) is 0 Å². The van der Waals surface area contributed by atoms with E-state index in [9.17, 15) is 0 Å². The highest BCUT2D eigenvalue weighted by Crippen LogP contribution is 2.42.